The average molecular weight is 269 g/mol. The molecule has 0 saturated heterocycles. The highest BCUT2D eigenvalue weighted by Crippen LogP contribution is 2.21. The Balaban J connectivity index is 2.13. The standard InChI is InChI=1S/C16H19N3O/c1-4-16(20)18-12(3)13-6-8-14(9-7-13)15-10-17-19(5-2)11-15/h4,6-12H,1,5H2,2-3H3,(H,18,20)/t12-/m1/s1. The smallest absolute Gasteiger partial charge is 0.243 e. The van der Waals surface area contributed by atoms with Gasteiger partial charge in [-0.3, -0.25) is 9.48 Å². The molecule has 2 aromatic rings. The first-order valence-electron chi connectivity index (χ1n) is 6.69. The first kappa shape index (κ1) is 14.1. The molecule has 0 aliphatic rings. The third kappa shape index (κ3) is 3.15. The van der Waals surface area contributed by atoms with E-state index in [0.717, 1.165) is 23.2 Å². The second kappa shape index (κ2) is 6.19. The van der Waals surface area contributed by atoms with Crippen LogP contribution in [0.1, 0.15) is 25.5 Å². The molecule has 0 saturated carbocycles. The Bertz CT molecular complexity index is 598. The van der Waals surface area contributed by atoms with E-state index in [1.165, 1.54) is 6.08 Å². The molecule has 0 bridgehead atoms. The molecule has 0 aliphatic heterocycles. The predicted octanol–water partition coefficient (Wildman–Crippen LogP) is 2.93. The van der Waals surface area contributed by atoms with Crippen molar-refractivity contribution in [3.8, 4) is 11.1 Å². The van der Waals surface area contributed by atoms with E-state index >= 15 is 0 Å². The number of hydrogen-bond acceptors (Lipinski definition) is 2. The van der Waals surface area contributed by atoms with Crippen molar-refractivity contribution in [2.75, 3.05) is 0 Å². The van der Waals surface area contributed by atoms with Crippen LogP contribution in [0.15, 0.2) is 49.3 Å². The van der Waals surface area contributed by atoms with Gasteiger partial charge in [0, 0.05) is 18.3 Å². The quantitative estimate of drug-likeness (QED) is 0.848. The Morgan fingerprint density at radius 1 is 1.40 bits per heavy atom. The normalized spacial score (nSPS) is 11.9. The van der Waals surface area contributed by atoms with Gasteiger partial charge in [0.1, 0.15) is 0 Å². The number of aryl methyl sites for hydroxylation is 1. The SMILES string of the molecule is C=CC(=O)N[C@H](C)c1ccc(-c2cnn(CC)c2)cc1. The van der Waals surface area contributed by atoms with Crippen LogP contribution >= 0.6 is 0 Å². The average Bonchev–Trinajstić information content (AvgIpc) is 2.96. The van der Waals surface area contributed by atoms with E-state index in [-0.39, 0.29) is 11.9 Å². The summed E-state index contributed by atoms with van der Waals surface area (Å²) in [5, 5.41) is 7.11. The van der Waals surface area contributed by atoms with Gasteiger partial charge in [-0.25, -0.2) is 0 Å². The number of aromatic nitrogens is 2. The van der Waals surface area contributed by atoms with Gasteiger partial charge in [-0.2, -0.15) is 5.10 Å². The van der Waals surface area contributed by atoms with E-state index in [0.29, 0.717) is 0 Å². The van der Waals surface area contributed by atoms with Gasteiger partial charge in [0.2, 0.25) is 5.91 Å². The lowest BCUT2D eigenvalue weighted by Gasteiger charge is -2.13. The number of carbonyl (C=O) groups is 1. The highest BCUT2D eigenvalue weighted by molar-refractivity contribution is 5.87. The van der Waals surface area contributed by atoms with Crippen molar-refractivity contribution < 1.29 is 4.79 Å². The first-order valence-corrected chi connectivity index (χ1v) is 6.69. The maximum Gasteiger partial charge on any atom is 0.243 e. The van der Waals surface area contributed by atoms with Crippen LogP contribution in [0.25, 0.3) is 11.1 Å². The van der Waals surface area contributed by atoms with E-state index in [2.05, 4.69) is 23.9 Å². The maximum atomic E-state index is 11.3. The number of carbonyl (C=O) groups excluding carboxylic acids is 1. The summed E-state index contributed by atoms with van der Waals surface area (Å²) in [5.74, 6) is -0.161. The van der Waals surface area contributed by atoms with Crippen LogP contribution in [0, 0.1) is 0 Å². The molecule has 0 radical (unpaired) electrons. The van der Waals surface area contributed by atoms with Gasteiger partial charge < -0.3 is 5.32 Å². The van der Waals surface area contributed by atoms with E-state index in [9.17, 15) is 4.79 Å². The zero-order chi connectivity index (χ0) is 14.5. The minimum absolute atomic E-state index is 0.0343. The van der Waals surface area contributed by atoms with Crippen molar-refractivity contribution in [2.45, 2.75) is 26.4 Å². The highest BCUT2D eigenvalue weighted by Gasteiger charge is 2.08. The highest BCUT2D eigenvalue weighted by atomic mass is 16.1. The third-order valence-electron chi connectivity index (χ3n) is 3.25. The van der Waals surface area contributed by atoms with Crippen LogP contribution in [0.5, 0.6) is 0 Å². The van der Waals surface area contributed by atoms with Crippen molar-refractivity contribution in [1.82, 2.24) is 15.1 Å². The summed E-state index contributed by atoms with van der Waals surface area (Å²) in [6.07, 6.45) is 5.17. The summed E-state index contributed by atoms with van der Waals surface area (Å²) in [6, 6.07) is 8.10. The molecule has 2 rings (SSSR count). The molecule has 20 heavy (non-hydrogen) atoms. The molecule has 0 fully saturated rings. The van der Waals surface area contributed by atoms with Crippen LogP contribution in [0.4, 0.5) is 0 Å². The molecule has 1 atom stereocenters. The second-order valence-electron chi connectivity index (χ2n) is 4.64. The summed E-state index contributed by atoms with van der Waals surface area (Å²) in [4.78, 5) is 11.3. The summed E-state index contributed by atoms with van der Waals surface area (Å²) in [6.45, 7) is 8.32. The Hall–Kier alpha value is -2.36. The number of benzene rings is 1. The molecule has 0 unspecified atom stereocenters. The topological polar surface area (TPSA) is 46.9 Å². The lowest BCUT2D eigenvalue weighted by molar-refractivity contribution is -0.117. The van der Waals surface area contributed by atoms with Crippen LogP contribution < -0.4 is 5.32 Å². The molecule has 4 nitrogen and oxygen atoms in total. The molecule has 0 spiro atoms. The van der Waals surface area contributed by atoms with Crippen molar-refractivity contribution >= 4 is 5.91 Å². The lowest BCUT2D eigenvalue weighted by atomic mass is 10.0. The van der Waals surface area contributed by atoms with Crippen molar-refractivity contribution in [2.24, 2.45) is 0 Å². The Labute approximate surface area is 119 Å². The maximum absolute atomic E-state index is 11.3. The number of nitrogens with zero attached hydrogens (tertiary/aromatic N) is 2. The fourth-order valence-electron chi connectivity index (χ4n) is 2.01. The molecular weight excluding hydrogens is 250 g/mol. The second-order valence-corrected chi connectivity index (χ2v) is 4.64. The Kier molecular flexibility index (Phi) is 4.35. The van der Waals surface area contributed by atoms with Gasteiger partial charge in [0.25, 0.3) is 0 Å². The molecular formula is C16H19N3O. The van der Waals surface area contributed by atoms with Gasteiger partial charge in [-0.15, -0.1) is 0 Å². The fraction of sp³-hybridized carbons (Fsp3) is 0.250. The van der Waals surface area contributed by atoms with E-state index < -0.39 is 0 Å². The Morgan fingerprint density at radius 2 is 2.10 bits per heavy atom. The molecule has 1 amide bonds. The molecule has 104 valence electrons. The largest absolute Gasteiger partial charge is 0.346 e. The van der Waals surface area contributed by atoms with Gasteiger partial charge in [-0.1, -0.05) is 30.8 Å². The zero-order valence-corrected chi connectivity index (χ0v) is 11.8. The number of amides is 1. The molecule has 1 heterocycles. The van der Waals surface area contributed by atoms with E-state index in [4.69, 9.17) is 0 Å². The number of hydrogen-bond donors (Lipinski definition) is 1. The van der Waals surface area contributed by atoms with Gasteiger partial charge in [-0.05, 0) is 31.1 Å². The third-order valence-corrected chi connectivity index (χ3v) is 3.25. The van der Waals surface area contributed by atoms with Crippen molar-refractivity contribution in [3.63, 3.8) is 0 Å². The molecule has 1 N–H and O–H groups in total. The molecule has 0 aliphatic carbocycles. The van der Waals surface area contributed by atoms with E-state index in [1.54, 1.807) is 0 Å². The van der Waals surface area contributed by atoms with Gasteiger partial charge in [0.05, 0.1) is 12.2 Å². The lowest BCUT2D eigenvalue weighted by Crippen LogP contribution is -2.24. The molecule has 4 heteroatoms. The van der Waals surface area contributed by atoms with Gasteiger partial charge in [0.15, 0.2) is 0 Å². The summed E-state index contributed by atoms with van der Waals surface area (Å²) in [5.41, 5.74) is 3.28. The van der Waals surface area contributed by atoms with Crippen molar-refractivity contribution in [1.29, 1.82) is 0 Å². The first-order chi connectivity index (χ1) is 9.63. The molecule has 1 aromatic heterocycles. The zero-order valence-electron chi connectivity index (χ0n) is 11.8. The van der Waals surface area contributed by atoms with Crippen LogP contribution in [0.2, 0.25) is 0 Å². The van der Waals surface area contributed by atoms with Crippen molar-refractivity contribution in [3.05, 3.63) is 54.9 Å². The fourth-order valence-corrected chi connectivity index (χ4v) is 2.01. The van der Waals surface area contributed by atoms with Crippen LogP contribution in [0.3, 0.4) is 0 Å². The van der Waals surface area contributed by atoms with Gasteiger partial charge >= 0.3 is 0 Å². The monoisotopic (exact) mass is 269 g/mol. The summed E-state index contributed by atoms with van der Waals surface area (Å²) in [7, 11) is 0. The van der Waals surface area contributed by atoms with Crippen LogP contribution in [-0.2, 0) is 11.3 Å². The number of nitrogens with one attached hydrogen (secondary N) is 1. The van der Waals surface area contributed by atoms with Crippen LogP contribution in [-0.4, -0.2) is 15.7 Å². The predicted molar refractivity (Wildman–Crippen MR) is 80.1 cm³/mol. The summed E-state index contributed by atoms with van der Waals surface area (Å²) >= 11 is 0. The van der Waals surface area contributed by atoms with E-state index in [1.807, 2.05) is 48.3 Å². The minimum atomic E-state index is -0.161. The minimum Gasteiger partial charge on any atom is -0.346 e. The Morgan fingerprint density at radius 3 is 2.65 bits per heavy atom. The number of rotatable bonds is 5. The summed E-state index contributed by atoms with van der Waals surface area (Å²) < 4.78 is 1.90. The molecule has 1 aromatic carbocycles.